The predicted octanol–water partition coefficient (Wildman–Crippen LogP) is 2.42. The molecular formula is C41H49NO13. The lowest BCUT2D eigenvalue weighted by molar-refractivity contribution is -0.335. The highest BCUT2D eigenvalue weighted by molar-refractivity contribution is 5.95. The lowest BCUT2D eigenvalue weighted by atomic mass is 9.43. The van der Waals surface area contributed by atoms with Crippen LogP contribution in [0.2, 0.25) is 0 Å². The van der Waals surface area contributed by atoms with Gasteiger partial charge in [0.05, 0.1) is 42.7 Å². The summed E-state index contributed by atoms with van der Waals surface area (Å²) in [6.45, 7) is 7.88. The van der Waals surface area contributed by atoms with E-state index in [4.69, 9.17) is 14.2 Å². The third kappa shape index (κ3) is 6.57. The zero-order valence-electron chi connectivity index (χ0n) is 31.4. The molecule has 0 radical (unpaired) electrons. The first kappa shape index (κ1) is 40.2. The van der Waals surface area contributed by atoms with Gasteiger partial charge in [-0.15, -0.1) is 0 Å². The van der Waals surface area contributed by atoms with Gasteiger partial charge in [-0.2, -0.15) is 0 Å². The summed E-state index contributed by atoms with van der Waals surface area (Å²) in [7, 11) is 0. The monoisotopic (exact) mass is 763 g/mol. The fourth-order valence-corrected chi connectivity index (χ4v) is 9.79. The zero-order valence-corrected chi connectivity index (χ0v) is 31.4. The quantitative estimate of drug-likeness (QED) is 0.151. The number of carboxylic acids is 1. The molecule has 6 rings (SSSR count). The largest absolute Gasteiger partial charge is 0.481 e. The molecule has 1 heterocycles. The van der Waals surface area contributed by atoms with E-state index in [9.17, 15) is 49.5 Å². The van der Waals surface area contributed by atoms with Crippen molar-refractivity contribution in [3.8, 4) is 0 Å². The highest BCUT2D eigenvalue weighted by atomic mass is 16.6. The van der Waals surface area contributed by atoms with E-state index in [1.54, 1.807) is 88.4 Å². The van der Waals surface area contributed by atoms with Crippen LogP contribution in [0.25, 0.3) is 0 Å². The lowest BCUT2D eigenvalue weighted by Crippen LogP contribution is -2.78. The number of carboxylic acid groups (broad SMARTS) is 1. The number of Topliss-reactive ketones (excluding diaryl/α,β-unsaturated/α-hetero) is 1. The van der Waals surface area contributed by atoms with Crippen molar-refractivity contribution >= 4 is 29.6 Å². The van der Waals surface area contributed by atoms with Crippen molar-refractivity contribution in [2.24, 2.45) is 22.7 Å². The standard InChI is InChI=1S/C41H49NO13/c1-21-25(19-41(52)22(2)34-39(5,26(43)18-27-40(34,51)20-53-27)35(48)32(47)30(21)38(41,3)4)54-37(50)33(55-29(46)17-16-28(44)45)31(23-12-8-6-9-13-23)42-36(49)24-14-10-7-11-15-24/h6-15,22,25-27,31-34,43,47,51-52H,16-20H2,1-5H3,(H,42,49)(H,44,45)/t22?,25?,26?,27?,31?,32?,33?,34?,39-,40+,41?/m1/s1. The van der Waals surface area contributed by atoms with Gasteiger partial charge < -0.3 is 45.1 Å². The number of carbonyl (C=O) groups is 5. The number of hydrogen-bond acceptors (Lipinski definition) is 12. The third-order valence-corrected chi connectivity index (χ3v) is 12.9. The summed E-state index contributed by atoms with van der Waals surface area (Å²) in [6, 6.07) is 14.9. The highest BCUT2D eigenvalue weighted by Crippen LogP contribution is 2.64. The number of aliphatic hydroxyl groups excluding tert-OH is 2. The maximum absolute atomic E-state index is 14.5. The van der Waals surface area contributed by atoms with Gasteiger partial charge >= 0.3 is 17.9 Å². The molecule has 0 spiro atoms. The minimum atomic E-state index is -1.89. The molecule has 11 atom stereocenters. The average molecular weight is 764 g/mol. The molecule has 3 fully saturated rings. The predicted molar refractivity (Wildman–Crippen MR) is 193 cm³/mol. The Hall–Kier alpha value is -4.47. The Morgan fingerprint density at radius 1 is 0.964 bits per heavy atom. The van der Waals surface area contributed by atoms with Crippen molar-refractivity contribution in [3.05, 3.63) is 82.9 Å². The van der Waals surface area contributed by atoms with Crippen molar-refractivity contribution in [1.29, 1.82) is 0 Å². The van der Waals surface area contributed by atoms with Crippen molar-refractivity contribution in [2.45, 2.75) is 108 Å². The molecule has 6 N–H and O–H groups in total. The third-order valence-electron chi connectivity index (χ3n) is 12.9. The molecule has 2 aromatic carbocycles. The number of aliphatic hydroxyl groups is 4. The number of fused-ring (bicyclic) bond motifs is 5. The smallest absolute Gasteiger partial charge is 0.350 e. The molecule has 2 bridgehead atoms. The summed E-state index contributed by atoms with van der Waals surface area (Å²) in [6.07, 6.45) is -8.75. The van der Waals surface area contributed by atoms with Gasteiger partial charge in [0.1, 0.15) is 23.9 Å². The van der Waals surface area contributed by atoms with Crippen molar-refractivity contribution in [1.82, 2.24) is 5.32 Å². The Balaban J connectivity index is 1.42. The average Bonchev–Trinajstić information content (AvgIpc) is 3.15. The highest BCUT2D eigenvalue weighted by Gasteiger charge is 2.74. The van der Waals surface area contributed by atoms with Crippen LogP contribution in [-0.2, 0) is 33.4 Å². The van der Waals surface area contributed by atoms with E-state index in [0.717, 1.165) is 0 Å². The number of hydrogen-bond donors (Lipinski definition) is 6. The van der Waals surface area contributed by atoms with E-state index < -0.39 is 113 Å². The first-order valence-electron chi connectivity index (χ1n) is 18.5. The van der Waals surface area contributed by atoms with Gasteiger partial charge in [-0.25, -0.2) is 4.79 Å². The van der Waals surface area contributed by atoms with Crippen LogP contribution in [0, 0.1) is 22.7 Å². The van der Waals surface area contributed by atoms with E-state index in [1.165, 1.54) is 6.92 Å². The first-order chi connectivity index (χ1) is 25.8. The van der Waals surface area contributed by atoms with Crippen LogP contribution in [0.15, 0.2) is 71.8 Å². The second-order valence-corrected chi connectivity index (χ2v) is 16.2. The van der Waals surface area contributed by atoms with E-state index >= 15 is 0 Å². The Morgan fingerprint density at radius 2 is 1.58 bits per heavy atom. The summed E-state index contributed by atoms with van der Waals surface area (Å²) in [5.41, 5.74) is -5.64. The Kier molecular flexibility index (Phi) is 10.6. The Labute approximate surface area is 318 Å². The van der Waals surface area contributed by atoms with Crippen LogP contribution in [0.5, 0.6) is 0 Å². The van der Waals surface area contributed by atoms with Crippen LogP contribution >= 0.6 is 0 Å². The van der Waals surface area contributed by atoms with Crippen LogP contribution in [-0.4, -0.2) is 103 Å². The van der Waals surface area contributed by atoms with Crippen LogP contribution in [0.1, 0.15) is 82.3 Å². The molecule has 1 amide bonds. The van der Waals surface area contributed by atoms with E-state index in [-0.39, 0.29) is 36.2 Å². The SMILES string of the molecule is CC1=C2C(O)C(=O)[C@]3(C)C(O)CC4OC[C@@]4(O)C3C(C)C(O)(CC1OC(=O)C(OC(=O)CCC(=O)O)C(NC(=O)c1ccccc1)c1ccccc1)C2(C)C. The summed E-state index contributed by atoms with van der Waals surface area (Å²) >= 11 is 0. The molecule has 2 saturated carbocycles. The molecule has 296 valence electrons. The van der Waals surface area contributed by atoms with Crippen LogP contribution in [0.3, 0.4) is 0 Å². The Bertz CT molecular complexity index is 1880. The maximum Gasteiger partial charge on any atom is 0.350 e. The number of amides is 1. The van der Waals surface area contributed by atoms with Crippen molar-refractivity contribution < 1.29 is 63.7 Å². The summed E-state index contributed by atoms with van der Waals surface area (Å²) < 4.78 is 17.4. The minimum absolute atomic E-state index is 0.0509. The van der Waals surface area contributed by atoms with Gasteiger partial charge in [0.25, 0.3) is 5.91 Å². The van der Waals surface area contributed by atoms with Gasteiger partial charge in [0.2, 0.25) is 6.10 Å². The summed E-state index contributed by atoms with van der Waals surface area (Å²) in [4.78, 5) is 66.9. The summed E-state index contributed by atoms with van der Waals surface area (Å²) in [5.74, 6) is -6.92. The molecule has 14 nitrogen and oxygen atoms in total. The number of aliphatic carboxylic acids is 1. The minimum Gasteiger partial charge on any atom is -0.481 e. The molecule has 55 heavy (non-hydrogen) atoms. The van der Waals surface area contributed by atoms with E-state index in [0.29, 0.717) is 5.56 Å². The van der Waals surface area contributed by atoms with Gasteiger partial charge in [0.15, 0.2) is 5.78 Å². The topological polar surface area (TPSA) is 226 Å². The number of nitrogens with one attached hydrogen (secondary N) is 1. The van der Waals surface area contributed by atoms with Crippen LogP contribution in [0.4, 0.5) is 0 Å². The number of esters is 2. The molecule has 1 saturated heterocycles. The molecular weight excluding hydrogens is 714 g/mol. The second kappa shape index (κ2) is 14.6. The molecule has 9 unspecified atom stereocenters. The normalized spacial score (nSPS) is 34.7. The number of ketones is 1. The number of ether oxygens (including phenoxy) is 3. The first-order valence-corrected chi connectivity index (χ1v) is 18.5. The van der Waals surface area contributed by atoms with Gasteiger partial charge in [-0.05, 0) is 48.6 Å². The fraction of sp³-hybridized carbons (Fsp3) is 0.537. The number of carbonyl (C=O) groups excluding carboxylic acids is 4. The molecule has 4 aliphatic rings. The number of rotatable bonds is 10. The van der Waals surface area contributed by atoms with Crippen molar-refractivity contribution in [3.63, 3.8) is 0 Å². The molecule has 14 heteroatoms. The van der Waals surface area contributed by atoms with Gasteiger partial charge in [-0.3, -0.25) is 19.2 Å². The van der Waals surface area contributed by atoms with Gasteiger partial charge in [0, 0.05) is 29.7 Å². The van der Waals surface area contributed by atoms with Gasteiger partial charge in [-0.1, -0.05) is 69.3 Å². The van der Waals surface area contributed by atoms with E-state index in [2.05, 4.69) is 5.32 Å². The van der Waals surface area contributed by atoms with Crippen LogP contribution < -0.4 is 5.32 Å². The maximum atomic E-state index is 14.5. The molecule has 1 aliphatic heterocycles. The second-order valence-electron chi connectivity index (χ2n) is 16.2. The molecule has 3 aliphatic carbocycles. The lowest BCUT2D eigenvalue weighted by Gasteiger charge is -2.67. The molecule has 0 aromatic heterocycles. The zero-order chi connectivity index (χ0) is 40.2. The summed E-state index contributed by atoms with van der Waals surface area (Å²) in [5, 5.41) is 60.3. The van der Waals surface area contributed by atoms with Crippen molar-refractivity contribution in [2.75, 3.05) is 6.61 Å². The molecule has 2 aromatic rings. The van der Waals surface area contributed by atoms with E-state index in [1.807, 2.05) is 0 Å². The fourth-order valence-electron chi connectivity index (χ4n) is 9.79. The Morgan fingerprint density at radius 3 is 2.16 bits per heavy atom. The number of benzene rings is 2.